The summed E-state index contributed by atoms with van der Waals surface area (Å²) in [7, 11) is -8.14. The van der Waals surface area contributed by atoms with E-state index in [0.29, 0.717) is 11.3 Å². The molecular weight excluding hydrogens is 328 g/mol. The first-order valence-corrected chi connectivity index (χ1v) is 8.98. The molecule has 0 bridgehead atoms. The largest absolute Gasteiger partial charge is 0.399 e. The zero-order valence-corrected chi connectivity index (χ0v) is 13.1. The highest BCUT2D eigenvalue weighted by Gasteiger charge is 2.16. The van der Waals surface area contributed by atoms with Gasteiger partial charge in [-0.1, -0.05) is 0 Å². The summed E-state index contributed by atoms with van der Waals surface area (Å²) in [6.45, 7) is 1.69. The fraction of sp³-hybridized carbons (Fsp3) is 0.0769. The van der Waals surface area contributed by atoms with Crippen LogP contribution in [0, 0.1) is 6.92 Å². The average Bonchev–Trinajstić information content (AvgIpc) is 2.41. The molecule has 0 spiro atoms. The van der Waals surface area contributed by atoms with Crippen LogP contribution < -0.4 is 10.5 Å². The number of aryl methyl sites for hydroxylation is 1. The van der Waals surface area contributed by atoms with E-state index in [0.717, 1.165) is 12.1 Å². The van der Waals surface area contributed by atoms with Crippen LogP contribution in [-0.2, 0) is 20.1 Å². The molecule has 4 N–H and O–H groups in total. The van der Waals surface area contributed by atoms with Gasteiger partial charge in [-0.05, 0) is 55.0 Å². The topological polar surface area (TPSA) is 127 Å². The third-order valence-corrected chi connectivity index (χ3v) is 5.20. The van der Waals surface area contributed by atoms with Crippen molar-refractivity contribution in [2.45, 2.75) is 16.7 Å². The lowest BCUT2D eigenvalue weighted by molar-refractivity contribution is 0.483. The van der Waals surface area contributed by atoms with Gasteiger partial charge < -0.3 is 5.73 Å². The van der Waals surface area contributed by atoms with Crippen LogP contribution in [0.4, 0.5) is 11.4 Å². The second kappa shape index (κ2) is 5.59. The quantitative estimate of drug-likeness (QED) is 0.572. The standard InChI is InChI=1S/C13H14N2O5S2/c1-9-8-12(6-7-13(9)14)21(16,17)15-10-2-4-11(5-3-10)22(18,19)20/h2-8,15H,14H2,1H3,(H,18,19,20). The van der Waals surface area contributed by atoms with Crippen LogP contribution in [0.2, 0.25) is 0 Å². The monoisotopic (exact) mass is 342 g/mol. The molecule has 0 atom stereocenters. The summed E-state index contributed by atoms with van der Waals surface area (Å²) in [4.78, 5) is -0.281. The van der Waals surface area contributed by atoms with Gasteiger partial charge in [0.05, 0.1) is 9.79 Å². The minimum Gasteiger partial charge on any atom is -0.399 e. The molecule has 0 saturated carbocycles. The van der Waals surface area contributed by atoms with Crippen molar-refractivity contribution in [1.82, 2.24) is 0 Å². The summed E-state index contributed by atoms with van der Waals surface area (Å²) in [5.74, 6) is 0. The van der Waals surface area contributed by atoms with Gasteiger partial charge in [-0.2, -0.15) is 8.42 Å². The van der Waals surface area contributed by atoms with Gasteiger partial charge in [-0.3, -0.25) is 9.27 Å². The zero-order valence-electron chi connectivity index (χ0n) is 11.5. The van der Waals surface area contributed by atoms with Crippen LogP contribution in [0.25, 0.3) is 0 Å². The molecule has 0 aliphatic heterocycles. The maximum Gasteiger partial charge on any atom is 0.294 e. The number of nitrogens with two attached hydrogens (primary N) is 1. The molecule has 2 rings (SSSR count). The Balaban J connectivity index is 2.30. The first-order valence-electron chi connectivity index (χ1n) is 6.06. The lowest BCUT2D eigenvalue weighted by Crippen LogP contribution is -2.13. The van der Waals surface area contributed by atoms with Crippen molar-refractivity contribution >= 4 is 31.5 Å². The molecule has 118 valence electrons. The first kappa shape index (κ1) is 16.3. The minimum atomic E-state index is -4.32. The van der Waals surface area contributed by atoms with E-state index in [9.17, 15) is 16.8 Å². The first-order chi connectivity index (χ1) is 10.1. The van der Waals surface area contributed by atoms with E-state index in [4.69, 9.17) is 10.3 Å². The normalized spacial score (nSPS) is 12.1. The van der Waals surface area contributed by atoms with E-state index >= 15 is 0 Å². The number of anilines is 2. The van der Waals surface area contributed by atoms with Crippen LogP contribution in [0.5, 0.6) is 0 Å². The molecule has 7 nitrogen and oxygen atoms in total. The smallest absolute Gasteiger partial charge is 0.294 e. The Morgan fingerprint density at radius 1 is 0.955 bits per heavy atom. The number of rotatable bonds is 4. The SMILES string of the molecule is Cc1cc(S(=O)(=O)Nc2ccc(S(=O)(=O)O)cc2)ccc1N. The fourth-order valence-corrected chi connectivity index (χ4v) is 3.35. The van der Waals surface area contributed by atoms with Gasteiger partial charge in [0.2, 0.25) is 0 Å². The average molecular weight is 342 g/mol. The number of hydrogen-bond acceptors (Lipinski definition) is 5. The molecule has 0 unspecified atom stereocenters. The van der Waals surface area contributed by atoms with Gasteiger partial charge in [-0.15, -0.1) is 0 Å². The number of nitrogens with one attached hydrogen (secondary N) is 1. The van der Waals surface area contributed by atoms with E-state index < -0.39 is 20.1 Å². The van der Waals surface area contributed by atoms with Gasteiger partial charge in [0, 0.05) is 11.4 Å². The van der Waals surface area contributed by atoms with Gasteiger partial charge in [0.25, 0.3) is 20.1 Å². The lowest BCUT2D eigenvalue weighted by Gasteiger charge is -2.10. The number of benzene rings is 2. The van der Waals surface area contributed by atoms with Crippen molar-refractivity contribution in [3.63, 3.8) is 0 Å². The Labute approximate surface area is 128 Å². The van der Waals surface area contributed by atoms with E-state index in [1.807, 2.05) is 0 Å². The van der Waals surface area contributed by atoms with Gasteiger partial charge in [0.15, 0.2) is 0 Å². The molecule has 0 aromatic heterocycles. The van der Waals surface area contributed by atoms with Crippen molar-refractivity contribution < 1.29 is 21.4 Å². The molecule has 9 heteroatoms. The molecule has 2 aromatic carbocycles. The Morgan fingerprint density at radius 2 is 1.50 bits per heavy atom. The molecule has 0 heterocycles. The summed E-state index contributed by atoms with van der Waals surface area (Å²) in [5.41, 5.74) is 6.93. The number of sulfonamides is 1. The van der Waals surface area contributed by atoms with Crippen molar-refractivity contribution in [3.05, 3.63) is 48.0 Å². The zero-order chi connectivity index (χ0) is 16.5. The van der Waals surface area contributed by atoms with Gasteiger partial charge in [0.1, 0.15) is 0 Å². The van der Waals surface area contributed by atoms with Gasteiger partial charge in [-0.25, -0.2) is 8.42 Å². The van der Waals surface area contributed by atoms with E-state index in [-0.39, 0.29) is 15.5 Å². The molecule has 0 aliphatic carbocycles. The van der Waals surface area contributed by atoms with Crippen LogP contribution in [0.15, 0.2) is 52.3 Å². The summed E-state index contributed by atoms with van der Waals surface area (Å²) < 4.78 is 57.5. The molecule has 0 radical (unpaired) electrons. The minimum absolute atomic E-state index is 0.0399. The van der Waals surface area contributed by atoms with E-state index in [1.54, 1.807) is 6.92 Å². The molecule has 0 fully saturated rings. The number of hydrogen-bond donors (Lipinski definition) is 3. The Bertz CT molecular complexity index is 904. The molecule has 0 saturated heterocycles. The third kappa shape index (κ3) is 3.56. The summed E-state index contributed by atoms with van der Waals surface area (Å²) in [6, 6.07) is 8.98. The Hall–Kier alpha value is -2.10. The second-order valence-corrected chi connectivity index (χ2v) is 7.73. The van der Waals surface area contributed by atoms with Crippen LogP contribution >= 0.6 is 0 Å². The highest BCUT2D eigenvalue weighted by molar-refractivity contribution is 7.92. The second-order valence-electron chi connectivity index (χ2n) is 4.62. The maximum atomic E-state index is 12.2. The molecule has 2 aromatic rings. The molecular formula is C13H14N2O5S2. The summed E-state index contributed by atoms with van der Waals surface area (Å²) >= 11 is 0. The number of nitrogen functional groups attached to an aromatic ring is 1. The summed E-state index contributed by atoms with van der Waals surface area (Å²) in [6.07, 6.45) is 0. The summed E-state index contributed by atoms with van der Waals surface area (Å²) in [5, 5.41) is 0. The fourth-order valence-electron chi connectivity index (χ4n) is 1.72. The third-order valence-electron chi connectivity index (χ3n) is 2.96. The molecule has 22 heavy (non-hydrogen) atoms. The van der Waals surface area contributed by atoms with Gasteiger partial charge >= 0.3 is 0 Å². The van der Waals surface area contributed by atoms with Crippen LogP contribution in [-0.4, -0.2) is 21.4 Å². The van der Waals surface area contributed by atoms with Crippen molar-refractivity contribution in [2.24, 2.45) is 0 Å². The predicted octanol–water partition coefficient (Wildman–Crippen LogP) is 1.62. The maximum absolute atomic E-state index is 12.2. The van der Waals surface area contributed by atoms with Crippen molar-refractivity contribution in [1.29, 1.82) is 0 Å². The van der Waals surface area contributed by atoms with E-state index in [1.165, 1.54) is 30.3 Å². The lowest BCUT2D eigenvalue weighted by atomic mass is 10.2. The predicted molar refractivity (Wildman–Crippen MR) is 82.7 cm³/mol. The molecule has 0 amide bonds. The van der Waals surface area contributed by atoms with Crippen LogP contribution in [0.1, 0.15) is 5.56 Å². The van der Waals surface area contributed by atoms with E-state index in [2.05, 4.69) is 4.72 Å². The van der Waals surface area contributed by atoms with Crippen molar-refractivity contribution in [2.75, 3.05) is 10.5 Å². The highest BCUT2D eigenvalue weighted by atomic mass is 32.2. The van der Waals surface area contributed by atoms with Crippen LogP contribution in [0.3, 0.4) is 0 Å². The highest BCUT2D eigenvalue weighted by Crippen LogP contribution is 2.21. The Kier molecular flexibility index (Phi) is 4.14. The molecule has 0 aliphatic rings. The Morgan fingerprint density at radius 3 is 2.00 bits per heavy atom. The van der Waals surface area contributed by atoms with Crippen molar-refractivity contribution in [3.8, 4) is 0 Å².